The van der Waals surface area contributed by atoms with E-state index < -0.39 is 0 Å². The maximum absolute atomic E-state index is 14.7. The summed E-state index contributed by atoms with van der Waals surface area (Å²) in [4.78, 5) is 32.3. The zero-order valence-electron chi connectivity index (χ0n) is 25.9. The molecule has 4 aromatic heterocycles. The molecule has 7 rings (SSSR count). The van der Waals surface area contributed by atoms with Gasteiger partial charge in [0.15, 0.2) is 5.82 Å². The highest BCUT2D eigenvalue weighted by molar-refractivity contribution is 5.98. The highest BCUT2D eigenvalue weighted by atomic mass is 19.1. The number of nitrogens with one attached hydrogen (secondary N) is 4. The van der Waals surface area contributed by atoms with Crippen LogP contribution < -0.4 is 10.6 Å². The smallest absolute Gasteiger partial charge is 0.227 e. The zero-order chi connectivity index (χ0) is 31.6. The van der Waals surface area contributed by atoms with Gasteiger partial charge < -0.3 is 20.5 Å². The molecule has 4 heterocycles. The summed E-state index contributed by atoms with van der Waals surface area (Å²) in [5.74, 6) is 0.372. The van der Waals surface area contributed by atoms with Gasteiger partial charge in [-0.3, -0.25) is 19.9 Å². The van der Waals surface area contributed by atoms with Crippen molar-refractivity contribution in [3.05, 3.63) is 72.9 Å². The van der Waals surface area contributed by atoms with E-state index in [-0.39, 0.29) is 17.6 Å². The van der Waals surface area contributed by atoms with Gasteiger partial charge >= 0.3 is 0 Å². The molecule has 0 spiro atoms. The lowest BCUT2D eigenvalue weighted by atomic mass is 9.88. The summed E-state index contributed by atoms with van der Waals surface area (Å²) in [6.45, 7) is 1.53. The normalized spacial score (nSPS) is 13.9. The van der Waals surface area contributed by atoms with Crippen molar-refractivity contribution >= 4 is 39.2 Å². The molecule has 2 aromatic carbocycles. The van der Waals surface area contributed by atoms with E-state index in [0.29, 0.717) is 29.4 Å². The van der Waals surface area contributed by atoms with Crippen molar-refractivity contribution in [1.29, 1.82) is 0 Å². The van der Waals surface area contributed by atoms with Crippen molar-refractivity contribution in [1.82, 2.24) is 35.0 Å². The van der Waals surface area contributed by atoms with Crippen LogP contribution in [0.1, 0.15) is 32.1 Å². The monoisotopic (exact) mass is 617 g/mol. The summed E-state index contributed by atoms with van der Waals surface area (Å²) < 4.78 is 14.7. The van der Waals surface area contributed by atoms with Crippen molar-refractivity contribution in [2.24, 2.45) is 5.92 Å². The van der Waals surface area contributed by atoms with Gasteiger partial charge in [-0.2, -0.15) is 5.10 Å². The molecule has 10 nitrogen and oxygen atoms in total. The molecule has 1 aliphatic rings. The second kappa shape index (κ2) is 12.7. The van der Waals surface area contributed by atoms with Crippen molar-refractivity contribution < 1.29 is 9.18 Å². The second-order valence-electron chi connectivity index (χ2n) is 12.2. The van der Waals surface area contributed by atoms with Crippen LogP contribution in [-0.4, -0.2) is 68.1 Å². The Morgan fingerprint density at radius 2 is 1.83 bits per heavy atom. The molecule has 1 amide bonds. The number of benzene rings is 2. The number of hydrogen-bond acceptors (Lipinski definition) is 7. The Morgan fingerprint density at radius 1 is 0.978 bits per heavy atom. The first-order valence-electron chi connectivity index (χ1n) is 15.7. The number of carbonyl (C=O) groups excluding carboxylic acids is 1. The van der Waals surface area contributed by atoms with Gasteiger partial charge in [0.05, 0.1) is 40.3 Å². The average Bonchev–Trinajstić information content (AvgIpc) is 3.69. The first-order chi connectivity index (χ1) is 22.4. The number of anilines is 2. The summed E-state index contributed by atoms with van der Waals surface area (Å²) in [6, 6.07) is 14.7. The van der Waals surface area contributed by atoms with Gasteiger partial charge in [-0.15, -0.1) is 0 Å². The fourth-order valence-corrected chi connectivity index (χ4v) is 6.16. The molecule has 1 saturated carbocycles. The average molecular weight is 618 g/mol. The molecular formula is C35H36FN9O. The number of H-pyrrole nitrogens is 2. The van der Waals surface area contributed by atoms with Crippen LogP contribution in [0, 0.1) is 11.7 Å². The molecule has 1 fully saturated rings. The Hall–Kier alpha value is -5.16. The number of halogens is 1. The number of imidazole rings is 1. The number of pyridine rings is 2. The van der Waals surface area contributed by atoms with Gasteiger partial charge in [0.25, 0.3) is 0 Å². The van der Waals surface area contributed by atoms with Gasteiger partial charge in [0.2, 0.25) is 5.91 Å². The van der Waals surface area contributed by atoms with Crippen molar-refractivity contribution in [3.8, 4) is 33.9 Å². The quantitative estimate of drug-likeness (QED) is 0.140. The number of amides is 1. The number of rotatable bonds is 9. The Bertz CT molecular complexity index is 2030. The molecule has 234 valence electrons. The third-order valence-electron chi connectivity index (χ3n) is 8.56. The van der Waals surface area contributed by atoms with Gasteiger partial charge in [-0.1, -0.05) is 31.4 Å². The largest absolute Gasteiger partial charge is 0.384 e. The second-order valence-corrected chi connectivity index (χ2v) is 12.2. The Morgan fingerprint density at radius 3 is 2.67 bits per heavy atom. The summed E-state index contributed by atoms with van der Waals surface area (Å²) >= 11 is 0. The Labute approximate surface area is 265 Å². The molecule has 1 aliphatic carbocycles. The van der Waals surface area contributed by atoms with Crippen LogP contribution in [0.25, 0.3) is 55.8 Å². The van der Waals surface area contributed by atoms with Crippen LogP contribution in [0.2, 0.25) is 0 Å². The lowest BCUT2D eigenvalue weighted by Gasteiger charge is -2.20. The Balaban J connectivity index is 1.19. The molecule has 0 saturated heterocycles. The number of likely N-dealkylation sites (N-methyl/N-ethyl adjacent to an activating group) is 1. The molecule has 0 bridgehead atoms. The number of carbonyl (C=O) groups is 1. The van der Waals surface area contributed by atoms with Crippen LogP contribution in [0.4, 0.5) is 15.8 Å². The molecule has 0 aliphatic heterocycles. The molecule has 6 aromatic rings. The summed E-state index contributed by atoms with van der Waals surface area (Å²) in [6.07, 6.45) is 10.4. The number of hydrogen-bond donors (Lipinski definition) is 4. The third kappa shape index (κ3) is 6.18. The minimum Gasteiger partial charge on any atom is -0.384 e. The van der Waals surface area contributed by atoms with Crippen molar-refractivity contribution in [2.45, 2.75) is 32.1 Å². The van der Waals surface area contributed by atoms with E-state index in [4.69, 9.17) is 4.98 Å². The van der Waals surface area contributed by atoms with Crippen LogP contribution in [-0.2, 0) is 4.79 Å². The van der Waals surface area contributed by atoms with Crippen LogP contribution in [0.5, 0.6) is 0 Å². The summed E-state index contributed by atoms with van der Waals surface area (Å²) in [5, 5.41) is 14.8. The molecule has 0 unspecified atom stereocenters. The van der Waals surface area contributed by atoms with E-state index in [1.165, 1.54) is 18.6 Å². The van der Waals surface area contributed by atoms with Gasteiger partial charge in [0, 0.05) is 47.4 Å². The van der Waals surface area contributed by atoms with Crippen molar-refractivity contribution in [2.75, 3.05) is 37.8 Å². The Kier molecular flexibility index (Phi) is 8.15. The molecule has 0 atom stereocenters. The SMILES string of the molecule is CN(C)CCNc1cc(F)cc(-c2cccc3[nH]c(-c4n[nH]c5cnc(-c6cncc(NC(=O)C7CCCCC7)c6)cc45)nc23)c1. The van der Waals surface area contributed by atoms with E-state index in [9.17, 15) is 9.18 Å². The topological polar surface area (TPSA) is 128 Å². The lowest BCUT2D eigenvalue weighted by molar-refractivity contribution is -0.120. The molecular weight excluding hydrogens is 581 g/mol. The van der Waals surface area contributed by atoms with E-state index in [0.717, 1.165) is 76.5 Å². The molecule has 4 N–H and O–H groups in total. The van der Waals surface area contributed by atoms with Crippen LogP contribution >= 0.6 is 0 Å². The first kappa shape index (κ1) is 29.5. The zero-order valence-corrected chi connectivity index (χ0v) is 25.9. The number of para-hydroxylation sites is 1. The fourth-order valence-electron chi connectivity index (χ4n) is 6.16. The third-order valence-corrected chi connectivity index (χ3v) is 8.56. The standard InChI is InChI=1S/C35H36FN9O/c1-45(2)12-11-38-25-14-22(13-24(36)16-25)27-9-6-10-29-32(27)42-34(41-29)33-28-17-30(39-20-31(28)43-44-33)23-15-26(19-37-18-23)40-35(46)21-7-4-3-5-8-21/h6,9-10,13-21,38H,3-5,7-8,11-12H2,1-2H3,(H,40,46)(H,41,42)(H,43,44). The number of nitrogens with zero attached hydrogens (tertiary/aromatic N) is 5. The van der Waals surface area contributed by atoms with Crippen molar-refractivity contribution in [3.63, 3.8) is 0 Å². The molecule has 46 heavy (non-hydrogen) atoms. The number of aromatic nitrogens is 6. The van der Waals surface area contributed by atoms with Gasteiger partial charge in [-0.25, -0.2) is 9.37 Å². The highest BCUT2D eigenvalue weighted by Crippen LogP contribution is 2.34. The number of fused-ring (bicyclic) bond motifs is 2. The predicted molar refractivity (Wildman–Crippen MR) is 180 cm³/mol. The minimum atomic E-state index is -0.317. The maximum Gasteiger partial charge on any atom is 0.227 e. The van der Waals surface area contributed by atoms with Crippen LogP contribution in [0.3, 0.4) is 0 Å². The van der Waals surface area contributed by atoms with E-state index >= 15 is 0 Å². The highest BCUT2D eigenvalue weighted by Gasteiger charge is 2.22. The van der Waals surface area contributed by atoms with Crippen LogP contribution in [0.15, 0.2) is 67.1 Å². The van der Waals surface area contributed by atoms with E-state index in [2.05, 4.69) is 40.7 Å². The first-order valence-corrected chi connectivity index (χ1v) is 15.7. The minimum absolute atomic E-state index is 0.0532. The fraction of sp³-hybridized carbons (Fsp3) is 0.286. The summed E-state index contributed by atoms with van der Waals surface area (Å²) in [5.41, 5.74) is 7.33. The molecule has 11 heteroatoms. The van der Waals surface area contributed by atoms with E-state index in [1.54, 1.807) is 18.6 Å². The van der Waals surface area contributed by atoms with E-state index in [1.807, 2.05) is 50.5 Å². The molecule has 0 radical (unpaired) electrons. The summed E-state index contributed by atoms with van der Waals surface area (Å²) in [7, 11) is 4.01. The maximum atomic E-state index is 14.7. The predicted octanol–water partition coefficient (Wildman–Crippen LogP) is 6.86. The van der Waals surface area contributed by atoms with Gasteiger partial charge in [0.1, 0.15) is 11.5 Å². The lowest BCUT2D eigenvalue weighted by Crippen LogP contribution is -2.24. The number of aromatic amines is 2. The van der Waals surface area contributed by atoms with Gasteiger partial charge in [-0.05, 0) is 68.9 Å².